The first-order chi connectivity index (χ1) is 14.0. The standard InChI is InChI=1S/C21H24N4O3S/c1-5-25-20(15-8-6-14(2)7-9-15)23-24-21(25)29-13-19(26)22-17-11-10-16(27-3)12-18(17)28-4/h6-12H,5,13H2,1-4H3,(H,22,26). The van der Waals surface area contributed by atoms with Crippen LogP contribution in [-0.2, 0) is 11.3 Å². The van der Waals surface area contributed by atoms with Crippen molar-refractivity contribution in [3.63, 3.8) is 0 Å². The maximum absolute atomic E-state index is 12.4. The van der Waals surface area contributed by atoms with Gasteiger partial charge in [-0.2, -0.15) is 0 Å². The van der Waals surface area contributed by atoms with Gasteiger partial charge in [0.1, 0.15) is 11.5 Å². The molecule has 0 aliphatic carbocycles. The summed E-state index contributed by atoms with van der Waals surface area (Å²) in [7, 11) is 3.13. The zero-order valence-electron chi connectivity index (χ0n) is 16.9. The second-order valence-electron chi connectivity index (χ2n) is 6.32. The molecule has 8 heteroatoms. The predicted octanol–water partition coefficient (Wildman–Crippen LogP) is 4.02. The fourth-order valence-corrected chi connectivity index (χ4v) is 3.62. The van der Waals surface area contributed by atoms with Crippen LogP contribution in [0.2, 0.25) is 0 Å². The number of methoxy groups -OCH3 is 2. The lowest BCUT2D eigenvalue weighted by Gasteiger charge is -2.11. The van der Waals surface area contributed by atoms with Crippen LogP contribution in [0.1, 0.15) is 12.5 Å². The summed E-state index contributed by atoms with van der Waals surface area (Å²) in [5.74, 6) is 2.06. The lowest BCUT2D eigenvalue weighted by atomic mass is 10.1. The minimum absolute atomic E-state index is 0.152. The van der Waals surface area contributed by atoms with Crippen molar-refractivity contribution < 1.29 is 14.3 Å². The van der Waals surface area contributed by atoms with Crippen molar-refractivity contribution in [2.75, 3.05) is 25.3 Å². The van der Waals surface area contributed by atoms with Crippen molar-refractivity contribution in [2.45, 2.75) is 25.5 Å². The molecule has 0 radical (unpaired) electrons. The fraction of sp³-hybridized carbons (Fsp3) is 0.286. The number of nitrogens with one attached hydrogen (secondary N) is 1. The third-order valence-corrected chi connectivity index (χ3v) is 5.32. The highest BCUT2D eigenvalue weighted by molar-refractivity contribution is 7.99. The monoisotopic (exact) mass is 412 g/mol. The lowest BCUT2D eigenvalue weighted by molar-refractivity contribution is -0.113. The molecule has 0 saturated carbocycles. The number of hydrogen-bond donors (Lipinski definition) is 1. The van der Waals surface area contributed by atoms with E-state index in [1.54, 1.807) is 32.4 Å². The van der Waals surface area contributed by atoms with Gasteiger partial charge < -0.3 is 19.4 Å². The summed E-state index contributed by atoms with van der Waals surface area (Å²) in [5.41, 5.74) is 2.79. The summed E-state index contributed by atoms with van der Waals surface area (Å²) >= 11 is 1.35. The Morgan fingerprint density at radius 1 is 1.10 bits per heavy atom. The highest BCUT2D eigenvalue weighted by Gasteiger charge is 2.15. The molecule has 0 aliphatic rings. The van der Waals surface area contributed by atoms with E-state index < -0.39 is 0 Å². The van der Waals surface area contributed by atoms with Crippen molar-refractivity contribution >= 4 is 23.4 Å². The molecule has 2 aromatic carbocycles. The van der Waals surface area contributed by atoms with Gasteiger partial charge in [0, 0.05) is 18.2 Å². The topological polar surface area (TPSA) is 78.3 Å². The number of carbonyl (C=O) groups excluding carboxylic acids is 1. The van der Waals surface area contributed by atoms with E-state index in [9.17, 15) is 4.79 Å². The molecular weight excluding hydrogens is 388 g/mol. The maximum atomic E-state index is 12.4. The molecule has 0 spiro atoms. The first-order valence-corrected chi connectivity index (χ1v) is 10.2. The molecule has 0 unspecified atom stereocenters. The van der Waals surface area contributed by atoms with Gasteiger partial charge in [-0.25, -0.2) is 0 Å². The summed E-state index contributed by atoms with van der Waals surface area (Å²) < 4.78 is 12.5. The van der Waals surface area contributed by atoms with E-state index in [1.165, 1.54) is 17.3 Å². The van der Waals surface area contributed by atoms with Gasteiger partial charge in [0.25, 0.3) is 0 Å². The molecule has 0 aliphatic heterocycles. The Morgan fingerprint density at radius 3 is 2.52 bits per heavy atom. The van der Waals surface area contributed by atoms with Crippen molar-refractivity contribution in [1.82, 2.24) is 14.8 Å². The van der Waals surface area contributed by atoms with Crippen LogP contribution in [0.15, 0.2) is 47.6 Å². The number of thioether (sulfide) groups is 1. The average molecular weight is 413 g/mol. The van der Waals surface area contributed by atoms with Crippen LogP contribution in [0.3, 0.4) is 0 Å². The molecule has 0 atom stereocenters. The minimum Gasteiger partial charge on any atom is -0.497 e. The SMILES string of the molecule is CCn1c(SCC(=O)Nc2ccc(OC)cc2OC)nnc1-c1ccc(C)cc1. The smallest absolute Gasteiger partial charge is 0.234 e. The Bertz CT molecular complexity index is 986. The lowest BCUT2D eigenvalue weighted by Crippen LogP contribution is -2.15. The van der Waals surface area contributed by atoms with Gasteiger partial charge in [-0.3, -0.25) is 4.79 Å². The van der Waals surface area contributed by atoms with Crippen LogP contribution in [0.25, 0.3) is 11.4 Å². The molecule has 1 aromatic heterocycles. The molecule has 3 aromatic rings. The third kappa shape index (κ3) is 4.89. The second kappa shape index (κ2) is 9.47. The molecule has 29 heavy (non-hydrogen) atoms. The van der Waals surface area contributed by atoms with Gasteiger partial charge in [-0.15, -0.1) is 10.2 Å². The predicted molar refractivity (Wildman–Crippen MR) is 115 cm³/mol. The Hall–Kier alpha value is -3.00. The summed E-state index contributed by atoms with van der Waals surface area (Å²) in [4.78, 5) is 12.4. The van der Waals surface area contributed by atoms with E-state index in [1.807, 2.05) is 42.7 Å². The van der Waals surface area contributed by atoms with E-state index in [0.29, 0.717) is 28.9 Å². The molecule has 0 bridgehead atoms. The first kappa shape index (κ1) is 20.7. The highest BCUT2D eigenvalue weighted by atomic mass is 32.2. The van der Waals surface area contributed by atoms with Crippen LogP contribution < -0.4 is 14.8 Å². The van der Waals surface area contributed by atoms with Gasteiger partial charge in [0.15, 0.2) is 11.0 Å². The van der Waals surface area contributed by atoms with Crippen molar-refractivity contribution in [2.24, 2.45) is 0 Å². The number of nitrogens with zero attached hydrogens (tertiary/aromatic N) is 3. The molecule has 7 nitrogen and oxygen atoms in total. The summed E-state index contributed by atoms with van der Waals surface area (Å²) in [6, 6.07) is 13.4. The number of hydrogen-bond acceptors (Lipinski definition) is 6. The van der Waals surface area contributed by atoms with E-state index in [-0.39, 0.29) is 11.7 Å². The Morgan fingerprint density at radius 2 is 1.86 bits per heavy atom. The van der Waals surface area contributed by atoms with Gasteiger partial charge in [0.2, 0.25) is 5.91 Å². The molecular formula is C21H24N4O3S. The molecule has 1 N–H and O–H groups in total. The van der Waals surface area contributed by atoms with Crippen LogP contribution in [0.5, 0.6) is 11.5 Å². The number of anilines is 1. The average Bonchev–Trinajstić information content (AvgIpc) is 3.16. The van der Waals surface area contributed by atoms with Crippen LogP contribution >= 0.6 is 11.8 Å². The van der Waals surface area contributed by atoms with Crippen LogP contribution in [0, 0.1) is 6.92 Å². The largest absolute Gasteiger partial charge is 0.497 e. The summed E-state index contributed by atoms with van der Waals surface area (Å²) in [6.07, 6.45) is 0. The number of benzene rings is 2. The molecule has 1 amide bonds. The molecule has 0 fully saturated rings. The van der Waals surface area contributed by atoms with E-state index in [2.05, 4.69) is 15.5 Å². The number of carbonyl (C=O) groups is 1. The summed E-state index contributed by atoms with van der Waals surface area (Å²) in [5, 5.41) is 12.2. The minimum atomic E-state index is -0.152. The number of ether oxygens (including phenoxy) is 2. The number of rotatable bonds is 8. The molecule has 152 valence electrons. The number of aromatic nitrogens is 3. The molecule has 3 rings (SSSR count). The van der Waals surface area contributed by atoms with Crippen LogP contribution in [-0.4, -0.2) is 40.6 Å². The van der Waals surface area contributed by atoms with Gasteiger partial charge in [-0.05, 0) is 26.0 Å². The van der Waals surface area contributed by atoms with Crippen LogP contribution in [0.4, 0.5) is 5.69 Å². The van der Waals surface area contributed by atoms with E-state index >= 15 is 0 Å². The molecule has 0 saturated heterocycles. The number of amides is 1. The van der Waals surface area contributed by atoms with Crippen molar-refractivity contribution in [3.05, 3.63) is 48.0 Å². The maximum Gasteiger partial charge on any atom is 0.234 e. The van der Waals surface area contributed by atoms with Gasteiger partial charge >= 0.3 is 0 Å². The van der Waals surface area contributed by atoms with Crippen molar-refractivity contribution in [1.29, 1.82) is 0 Å². The van der Waals surface area contributed by atoms with E-state index in [4.69, 9.17) is 9.47 Å². The summed E-state index contributed by atoms with van der Waals surface area (Å²) in [6.45, 7) is 4.80. The highest BCUT2D eigenvalue weighted by Crippen LogP contribution is 2.29. The Labute approximate surface area is 174 Å². The van der Waals surface area contributed by atoms with Gasteiger partial charge in [-0.1, -0.05) is 41.6 Å². The fourth-order valence-electron chi connectivity index (χ4n) is 2.81. The quantitative estimate of drug-likeness (QED) is 0.563. The zero-order valence-corrected chi connectivity index (χ0v) is 17.7. The normalized spacial score (nSPS) is 10.6. The number of aryl methyl sites for hydroxylation is 1. The van der Waals surface area contributed by atoms with Crippen molar-refractivity contribution in [3.8, 4) is 22.9 Å². The molecule has 1 heterocycles. The first-order valence-electron chi connectivity index (χ1n) is 9.20. The second-order valence-corrected chi connectivity index (χ2v) is 7.26. The third-order valence-electron chi connectivity index (χ3n) is 4.36. The van der Waals surface area contributed by atoms with E-state index in [0.717, 1.165) is 11.4 Å². The zero-order chi connectivity index (χ0) is 20.8. The Kier molecular flexibility index (Phi) is 6.77. The van der Waals surface area contributed by atoms with Gasteiger partial charge in [0.05, 0.1) is 25.7 Å². The Balaban J connectivity index is 1.68.